The maximum atomic E-state index is 12.4. The zero-order valence-electron chi connectivity index (χ0n) is 15.5. The van der Waals surface area contributed by atoms with Crippen LogP contribution in [0.4, 0.5) is 0 Å². The van der Waals surface area contributed by atoms with Crippen molar-refractivity contribution in [3.8, 4) is 5.75 Å². The predicted molar refractivity (Wildman–Crippen MR) is 105 cm³/mol. The fraction of sp³-hybridized carbons (Fsp3) is 0.286. The molecule has 0 amide bonds. The van der Waals surface area contributed by atoms with Crippen molar-refractivity contribution < 1.29 is 4.74 Å². The van der Waals surface area contributed by atoms with Gasteiger partial charge in [-0.05, 0) is 42.0 Å². The van der Waals surface area contributed by atoms with Crippen LogP contribution in [0.5, 0.6) is 5.75 Å². The molecule has 138 valence electrons. The summed E-state index contributed by atoms with van der Waals surface area (Å²) < 4.78 is 7.16. The van der Waals surface area contributed by atoms with E-state index in [1.165, 1.54) is 16.1 Å². The van der Waals surface area contributed by atoms with Gasteiger partial charge >= 0.3 is 0 Å². The van der Waals surface area contributed by atoms with Crippen LogP contribution >= 0.6 is 0 Å². The fourth-order valence-corrected chi connectivity index (χ4v) is 3.06. The number of benzene rings is 1. The minimum Gasteiger partial charge on any atom is -0.487 e. The summed E-state index contributed by atoms with van der Waals surface area (Å²) >= 11 is 0. The highest BCUT2D eigenvalue weighted by atomic mass is 16.5. The quantitative estimate of drug-likeness (QED) is 0.748. The molecule has 0 spiro atoms. The van der Waals surface area contributed by atoms with Gasteiger partial charge in [-0.3, -0.25) is 4.79 Å². The lowest BCUT2D eigenvalue weighted by atomic mass is 10.0. The van der Waals surface area contributed by atoms with Gasteiger partial charge in [0.25, 0.3) is 5.56 Å². The van der Waals surface area contributed by atoms with Crippen LogP contribution in [0.1, 0.15) is 49.7 Å². The monoisotopic (exact) mass is 362 g/mol. The van der Waals surface area contributed by atoms with E-state index in [0.29, 0.717) is 23.2 Å². The van der Waals surface area contributed by atoms with Crippen LogP contribution in [0, 0.1) is 0 Å². The molecule has 0 unspecified atom stereocenters. The van der Waals surface area contributed by atoms with E-state index in [2.05, 4.69) is 41.1 Å². The van der Waals surface area contributed by atoms with Gasteiger partial charge in [0.2, 0.25) is 5.78 Å². The average Bonchev–Trinajstić information content (AvgIpc) is 3.12. The summed E-state index contributed by atoms with van der Waals surface area (Å²) in [6, 6.07) is 9.51. The third-order valence-corrected chi connectivity index (χ3v) is 4.61. The Morgan fingerprint density at radius 3 is 2.96 bits per heavy atom. The van der Waals surface area contributed by atoms with E-state index in [9.17, 15) is 4.79 Å². The molecule has 0 atom stereocenters. The first-order valence-electron chi connectivity index (χ1n) is 9.18. The lowest BCUT2D eigenvalue weighted by Crippen LogP contribution is -2.16. The van der Waals surface area contributed by atoms with Crippen LogP contribution in [-0.2, 0) is 6.61 Å². The first-order chi connectivity index (χ1) is 13.1. The van der Waals surface area contributed by atoms with Crippen molar-refractivity contribution in [2.24, 2.45) is 0 Å². The second kappa shape index (κ2) is 7.23. The third-order valence-electron chi connectivity index (χ3n) is 4.61. The number of nitrogens with zero attached hydrogens (tertiary/aromatic N) is 3. The van der Waals surface area contributed by atoms with Gasteiger partial charge in [0.05, 0.1) is 5.69 Å². The number of ether oxygens (including phenoxy) is 1. The summed E-state index contributed by atoms with van der Waals surface area (Å²) in [7, 11) is 0. The molecular weight excluding hydrogens is 340 g/mol. The van der Waals surface area contributed by atoms with E-state index in [1.807, 2.05) is 30.4 Å². The van der Waals surface area contributed by atoms with Gasteiger partial charge in [-0.1, -0.05) is 44.2 Å². The van der Waals surface area contributed by atoms with Gasteiger partial charge in [0.1, 0.15) is 12.4 Å². The molecule has 2 aromatic heterocycles. The zero-order chi connectivity index (χ0) is 18.8. The number of hydrogen-bond acceptors (Lipinski definition) is 4. The van der Waals surface area contributed by atoms with E-state index < -0.39 is 0 Å². The summed E-state index contributed by atoms with van der Waals surface area (Å²) in [5, 5.41) is 4.35. The molecule has 0 aliphatic heterocycles. The molecule has 1 aromatic carbocycles. The van der Waals surface area contributed by atoms with Crippen LogP contribution in [0.3, 0.4) is 0 Å². The Kier molecular flexibility index (Phi) is 4.62. The van der Waals surface area contributed by atoms with Crippen LogP contribution in [0.2, 0.25) is 0 Å². The number of aromatic nitrogens is 4. The zero-order valence-corrected chi connectivity index (χ0v) is 15.5. The summed E-state index contributed by atoms with van der Waals surface area (Å²) in [4.78, 5) is 20.0. The number of H-pyrrole nitrogens is 1. The first kappa shape index (κ1) is 17.3. The molecule has 6 heteroatoms. The summed E-state index contributed by atoms with van der Waals surface area (Å²) in [5.41, 5.74) is 2.70. The number of allylic oxidation sites excluding steroid dienone is 4. The summed E-state index contributed by atoms with van der Waals surface area (Å²) in [6.07, 6.45) is 7.94. The SMILES string of the molecule is CC(C)c1cccc(OCc2cc(=O)n3nc(C4=CC=CCC4)nc3[nH]2)c1. The van der Waals surface area contributed by atoms with Gasteiger partial charge in [0, 0.05) is 6.07 Å². The molecule has 1 N–H and O–H groups in total. The molecule has 1 aliphatic carbocycles. The van der Waals surface area contributed by atoms with Crippen molar-refractivity contribution >= 4 is 11.4 Å². The van der Waals surface area contributed by atoms with Crippen LogP contribution in [0.15, 0.2) is 53.4 Å². The minimum absolute atomic E-state index is 0.219. The average molecular weight is 362 g/mol. The van der Waals surface area contributed by atoms with Crippen molar-refractivity contribution in [1.29, 1.82) is 0 Å². The molecule has 6 nitrogen and oxygen atoms in total. The smallest absolute Gasteiger partial charge is 0.276 e. The standard InChI is InChI=1S/C21H22N4O2/c1-14(2)16-9-6-10-18(11-16)27-13-17-12-19(26)25-21(22-17)23-20(24-25)15-7-4-3-5-8-15/h3-4,6-7,9-12,14H,5,8,13H2,1-2H3,(H,22,23,24). The topological polar surface area (TPSA) is 72.3 Å². The van der Waals surface area contributed by atoms with E-state index in [4.69, 9.17) is 4.74 Å². The highest BCUT2D eigenvalue weighted by Gasteiger charge is 2.13. The van der Waals surface area contributed by atoms with Crippen molar-refractivity contribution in [3.05, 3.63) is 76.0 Å². The van der Waals surface area contributed by atoms with Gasteiger partial charge in [0.15, 0.2) is 5.82 Å². The number of fused-ring (bicyclic) bond motifs is 1. The molecule has 0 saturated carbocycles. The van der Waals surface area contributed by atoms with Crippen molar-refractivity contribution in [2.75, 3.05) is 0 Å². The minimum atomic E-state index is -0.219. The molecule has 0 saturated heterocycles. The Morgan fingerprint density at radius 1 is 1.30 bits per heavy atom. The number of nitrogens with one attached hydrogen (secondary N) is 1. The molecule has 2 heterocycles. The Bertz CT molecular complexity index is 1090. The Morgan fingerprint density at radius 2 is 2.19 bits per heavy atom. The molecule has 0 fully saturated rings. The Hall–Kier alpha value is -3.15. The molecule has 4 rings (SSSR count). The summed E-state index contributed by atoms with van der Waals surface area (Å²) in [5.74, 6) is 2.24. The molecular formula is C21H22N4O2. The van der Waals surface area contributed by atoms with E-state index in [-0.39, 0.29) is 12.2 Å². The first-order valence-corrected chi connectivity index (χ1v) is 9.18. The predicted octanol–water partition coefficient (Wildman–Crippen LogP) is 3.85. The second-order valence-electron chi connectivity index (χ2n) is 6.98. The van der Waals surface area contributed by atoms with Gasteiger partial charge in [-0.2, -0.15) is 9.50 Å². The Balaban J connectivity index is 1.58. The fourth-order valence-electron chi connectivity index (χ4n) is 3.06. The van der Waals surface area contributed by atoms with E-state index in [1.54, 1.807) is 0 Å². The molecule has 27 heavy (non-hydrogen) atoms. The van der Waals surface area contributed by atoms with Gasteiger partial charge in [-0.15, -0.1) is 5.10 Å². The van der Waals surface area contributed by atoms with Crippen LogP contribution in [0.25, 0.3) is 11.4 Å². The van der Waals surface area contributed by atoms with Crippen LogP contribution in [-0.4, -0.2) is 19.6 Å². The maximum absolute atomic E-state index is 12.4. The maximum Gasteiger partial charge on any atom is 0.276 e. The number of hydrogen-bond donors (Lipinski definition) is 1. The lowest BCUT2D eigenvalue weighted by Gasteiger charge is -2.10. The van der Waals surface area contributed by atoms with Crippen molar-refractivity contribution in [2.45, 2.75) is 39.2 Å². The molecule has 0 radical (unpaired) electrons. The highest BCUT2D eigenvalue weighted by Crippen LogP contribution is 2.22. The van der Waals surface area contributed by atoms with E-state index >= 15 is 0 Å². The lowest BCUT2D eigenvalue weighted by molar-refractivity contribution is 0.300. The van der Waals surface area contributed by atoms with Gasteiger partial charge < -0.3 is 9.72 Å². The Labute approximate surface area is 157 Å². The van der Waals surface area contributed by atoms with Crippen LogP contribution < -0.4 is 10.3 Å². The number of aromatic amines is 1. The normalized spacial score (nSPS) is 14.0. The molecule has 0 bridgehead atoms. The molecule has 1 aliphatic rings. The van der Waals surface area contributed by atoms with Crippen molar-refractivity contribution in [3.63, 3.8) is 0 Å². The van der Waals surface area contributed by atoms with E-state index in [0.717, 1.165) is 24.2 Å². The highest BCUT2D eigenvalue weighted by molar-refractivity contribution is 5.63. The van der Waals surface area contributed by atoms with Gasteiger partial charge in [-0.25, -0.2) is 0 Å². The van der Waals surface area contributed by atoms with Crippen molar-refractivity contribution in [1.82, 2.24) is 19.6 Å². The second-order valence-corrected chi connectivity index (χ2v) is 6.98. The molecule has 3 aromatic rings. The summed E-state index contributed by atoms with van der Waals surface area (Å²) in [6.45, 7) is 4.55. The largest absolute Gasteiger partial charge is 0.487 e. The third kappa shape index (κ3) is 3.69. The number of rotatable bonds is 5.